The molecule has 1 rings (SSSR count). The Morgan fingerprint density at radius 2 is 2.07 bits per heavy atom. The minimum atomic E-state index is -0.697. The van der Waals surface area contributed by atoms with Crippen molar-refractivity contribution >= 4 is 5.97 Å². The molecule has 0 aliphatic heterocycles. The molecule has 0 spiro atoms. The maximum Gasteiger partial charge on any atom is 0.320 e. The molecule has 88 valence electrons. The van der Waals surface area contributed by atoms with Gasteiger partial charge in [-0.1, -0.05) is 13.8 Å². The Morgan fingerprint density at radius 3 is 2.47 bits per heavy atom. The Kier molecular flexibility index (Phi) is 5.05. The van der Waals surface area contributed by atoms with E-state index in [1.54, 1.807) is 0 Å². The van der Waals surface area contributed by atoms with Crippen molar-refractivity contribution in [2.75, 3.05) is 26.2 Å². The molecule has 0 aromatic rings. The van der Waals surface area contributed by atoms with Gasteiger partial charge in [-0.2, -0.15) is 0 Å². The van der Waals surface area contributed by atoms with Crippen molar-refractivity contribution in [3.05, 3.63) is 0 Å². The number of nitrogens with one attached hydrogen (secondary N) is 1. The Balaban J connectivity index is 2.19. The number of carbonyl (C=O) groups is 1. The predicted molar refractivity (Wildman–Crippen MR) is 59.9 cm³/mol. The fourth-order valence-corrected chi connectivity index (χ4v) is 1.80. The van der Waals surface area contributed by atoms with Gasteiger partial charge >= 0.3 is 5.97 Å². The molecule has 1 fully saturated rings. The Hall–Kier alpha value is -0.610. The lowest BCUT2D eigenvalue weighted by atomic mass is 10.2. The Morgan fingerprint density at radius 1 is 1.47 bits per heavy atom. The molecular formula is C11H22N2O2. The average molecular weight is 214 g/mol. The second-order valence-corrected chi connectivity index (χ2v) is 4.13. The van der Waals surface area contributed by atoms with E-state index in [9.17, 15) is 4.79 Å². The van der Waals surface area contributed by atoms with E-state index in [4.69, 9.17) is 5.11 Å². The molecule has 0 radical (unpaired) electrons. The van der Waals surface area contributed by atoms with E-state index in [0.29, 0.717) is 5.92 Å². The molecule has 1 aliphatic rings. The molecule has 4 nitrogen and oxygen atoms in total. The van der Waals surface area contributed by atoms with E-state index >= 15 is 0 Å². The van der Waals surface area contributed by atoms with E-state index < -0.39 is 5.97 Å². The molecule has 1 unspecified atom stereocenters. The van der Waals surface area contributed by atoms with E-state index in [1.807, 2.05) is 0 Å². The summed E-state index contributed by atoms with van der Waals surface area (Å²) in [6, 6.07) is -0.319. The Labute approximate surface area is 91.6 Å². The van der Waals surface area contributed by atoms with E-state index in [0.717, 1.165) is 39.0 Å². The van der Waals surface area contributed by atoms with Gasteiger partial charge in [0.2, 0.25) is 0 Å². The van der Waals surface area contributed by atoms with E-state index in [2.05, 4.69) is 24.1 Å². The van der Waals surface area contributed by atoms with Crippen LogP contribution in [0.1, 0.15) is 26.7 Å². The lowest BCUT2D eigenvalue weighted by Crippen LogP contribution is -2.42. The van der Waals surface area contributed by atoms with Gasteiger partial charge in [-0.15, -0.1) is 0 Å². The molecule has 4 heteroatoms. The van der Waals surface area contributed by atoms with Crippen LogP contribution in [0.2, 0.25) is 0 Å². The number of rotatable bonds is 8. The minimum absolute atomic E-state index is 0.319. The van der Waals surface area contributed by atoms with Crippen LogP contribution in [0.25, 0.3) is 0 Å². The van der Waals surface area contributed by atoms with E-state index in [-0.39, 0.29) is 6.04 Å². The van der Waals surface area contributed by atoms with Crippen molar-refractivity contribution in [2.45, 2.75) is 32.7 Å². The molecular weight excluding hydrogens is 192 g/mol. The number of hydrogen-bond donors (Lipinski definition) is 2. The Bertz CT molecular complexity index is 201. The van der Waals surface area contributed by atoms with Crippen LogP contribution in [-0.4, -0.2) is 48.2 Å². The molecule has 1 aliphatic carbocycles. The highest BCUT2D eigenvalue weighted by Crippen LogP contribution is 2.32. The summed E-state index contributed by atoms with van der Waals surface area (Å²) in [5.74, 6) is -0.323. The summed E-state index contributed by atoms with van der Waals surface area (Å²) < 4.78 is 0. The number of likely N-dealkylation sites (N-methyl/N-ethyl adjacent to an activating group) is 1. The largest absolute Gasteiger partial charge is 0.480 e. The maximum absolute atomic E-state index is 10.9. The average Bonchev–Trinajstić information content (AvgIpc) is 3.01. The summed E-state index contributed by atoms with van der Waals surface area (Å²) in [7, 11) is 0. The normalized spacial score (nSPS) is 18.1. The van der Waals surface area contributed by atoms with Gasteiger partial charge in [0.15, 0.2) is 0 Å². The molecule has 0 aromatic heterocycles. The molecule has 1 atom stereocenters. The van der Waals surface area contributed by atoms with E-state index in [1.165, 1.54) is 0 Å². The van der Waals surface area contributed by atoms with Gasteiger partial charge in [-0.05, 0) is 31.8 Å². The highest BCUT2D eigenvalue weighted by atomic mass is 16.4. The second kappa shape index (κ2) is 6.08. The monoisotopic (exact) mass is 214 g/mol. The molecule has 1 saturated carbocycles. The quantitative estimate of drug-likeness (QED) is 0.627. The van der Waals surface area contributed by atoms with Gasteiger partial charge in [0.25, 0.3) is 0 Å². The SMILES string of the molecule is CCN(CC)CCNC(C(=O)O)C1CC1. The van der Waals surface area contributed by atoms with Gasteiger partial charge in [0.1, 0.15) is 6.04 Å². The fourth-order valence-electron chi connectivity index (χ4n) is 1.80. The molecule has 0 aromatic carbocycles. The van der Waals surface area contributed by atoms with Crippen molar-refractivity contribution in [1.29, 1.82) is 0 Å². The molecule has 0 heterocycles. The highest BCUT2D eigenvalue weighted by molar-refractivity contribution is 5.74. The summed E-state index contributed by atoms with van der Waals surface area (Å²) >= 11 is 0. The lowest BCUT2D eigenvalue weighted by Gasteiger charge is -2.20. The van der Waals surface area contributed by atoms with Crippen molar-refractivity contribution in [2.24, 2.45) is 5.92 Å². The second-order valence-electron chi connectivity index (χ2n) is 4.13. The van der Waals surface area contributed by atoms with Crippen LogP contribution >= 0.6 is 0 Å². The molecule has 0 saturated heterocycles. The minimum Gasteiger partial charge on any atom is -0.480 e. The van der Waals surface area contributed by atoms with Crippen LogP contribution in [0.5, 0.6) is 0 Å². The zero-order valence-corrected chi connectivity index (χ0v) is 9.70. The highest BCUT2D eigenvalue weighted by Gasteiger charge is 2.35. The fraction of sp³-hybridized carbons (Fsp3) is 0.909. The van der Waals surface area contributed by atoms with Crippen molar-refractivity contribution in [1.82, 2.24) is 10.2 Å². The molecule has 0 bridgehead atoms. The smallest absolute Gasteiger partial charge is 0.320 e. The zero-order valence-electron chi connectivity index (χ0n) is 9.70. The van der Waals surface area contributed by atoms with Crippen LogP contribution < -0.4 is 5.32 Å². The third-order valence-electron chi connectivity index (χ3n) is 3.05. The first-order valence-corrected chi connectivity index (χ1v) is 5.87. The third kappa shape index (κ3) is 4.18. The third-order valence-corrected chi connectivity index (χ3v) is 3.05. The number of carboxylic acids is 1. The molecule has 15 heavy (non-hydrogen) atoms. The van der Waals surface area contributed by atoms with Crippen LogP contribution in [0, 0.1) is 5.92 Å². The van der Waals surface area contributed by atoms with Crippen LogP contribution in [0.15, 0.2) is 0 Å². The topological polar surface area (TPSA) is 52.6 Å². The lowest BCUT2D eigenvalue weighted by molar-refractivity contribution is -0.140. The molecule has 0 amide bonds. The van der Waals surface area contributed by atoms with Gasteiger partial charge in [-0.25, -0.2) is 0 Å². The summed E-state index contributed by atoms with van der Waals surface area (Å²) in [5.41, 5.74) is 0. The van der Waals surface area contributed by atoms with Crippen molar-refractivity contribution < 1.29 is 9.90 Å². The van der Waals surface area contributed by atoms with Gasteiger partial charge in [0, 0.05) is 13.1 Å². The number of aliphatic carboxylic acids is 1. The summed E-state index contributed by atoms with van der Waals surface area (Å²) in [6.07, 6.45) is 2.13. The predicted octanol–water partition coefficient (Wildman–Crippen LogP) is 0.781. The van der Waals surface area contributed by atoms with Gasteiger partial charge in [-0.3, -0.25) is 4.79 Å². The molecule has 2 N–H and O–H groups in total. The van der Waals surface area contributed by atoms with Gasteiger partial charge in [0.05, 0.1) is 0 Å². The van der Waals surface area contributed by atoms with Crippen LogP contribution in [-0.2, 0) is 4.79 Å². The standard InChI is InChI=1S/C11H22N2O2/c1-3-13(4-2)8-7-12-10(11(14)15)9-5-6-9/h9-10,12H,3-8H2,1-2H3,(H,14,15). The van der Waals surface area contributed by atoms with Gasteiger partial charge < -0.3 is 15.3 Å². The van der Waals surface area contributed by atoms with Crippen LogP contribution in [0.3, 0.4) is 0 Å². The maximum atomic E-state index is 10.9. The number of nitrogens with zero attached hydrogens (tertiary/aromatic N) is 1. The van der Waals surface area contributed by atoms with Crippen LogP contribution in [0.4, 0.5) is 0 Å². The number of hydrogen-bond acceptors (Lipinski definition) is 3. The zero-order chi connectivity index (χ0) is 11.3. The first kappa shape index (κ1) is 12.5. The first-order chi connectivity index (χ1) is 7.19. The summed E-state index contributed by atoms with van der Waals surface area (Å²) in [4.78, 5) is 13.2. The number of carboxylic acid groups (broad SMARTS) is 1. The summed E-state index contributed by atoms with van der Waals surface area (Å²) in [5, 5.41) is 12.1. The first-order valence-electron chi connectivity index (χ1n) is 5.87. The van der Waals surface area contributed by atoms with Crippen molar-refractivity contribution in [3.63, 3.8) is 0 Å². The summed E-state index contributed by atoms with van der Waals surface area (Å²) in [6.45, 7) is 8.01. The van der Waals surface area contributed by atoms with Crippen molar-refractivity contribution in [3.8, 4) is 0 Å².